The smallest absolute Gasteiger partial charge is 0.283 e. The van der Waals surface area contributed by atoms with E-state index in [4.69, 9.17) is 10.1 Å². The summed E-state index contributed by atoms with van der Waals surface area (Å²) in [6.07, 6.45) is 2.47. The van der Waals surface area contributed by atoms with Crippen LogP contribution in [0.5, 0.6) is 5.75 Å². The maximum atomic E-state index is 12.7. The van der Waals surface area contributed by atoms with Gasteiger partial charge in [0.25, 0.3) is 5.91 Å². The summed E-state index contributed by atoms with van der Waals surface area (Å²) in [7, 11) is 1.65. The number of hydrogen-bond donors (Lipinski definition) is 1. The summed E-state index contributed by atoms with van der Waals surface area (Å²) < 4.78 is 7.66. The number of amidine groups is 2. The fraction of sp³-hybridized carbons (Fsp3) is 0.273. The third kappa shape index (κ3) is 3.27. The average molecular weight is 422 g/mol. The number of nitrogens with zero attached hydrogens (tertiary/aromatic N) is 4. The first-order valence-electron chi connectivity index (χ1n) is 9.67. The van der Waals surface area contributed by atoms with Crippen LogP contribution in [0.4, 0.5) is 0 Å². The largest absolute Gasteiger partial charge is 0.495 e. The number of carbonyl (C=O) groups is 1. The van der Waals surface area contributed by atoms with Gasteiger partial charge in [-0.1, -0.05) is 13.0 Å². The second-order valence-corrected chi connectivity index (χ2v) is 8.25. The van der Waals surface area contributed by atoms with E-state index < -0.39 is 5.91 Å². The maximum absolute atomic E-state index is 12.7. The predicted molar refractivity (Wildman–Crippen MR) is 122 cm³/mol. The molecular formula is C22H23N5O2S. The number of hydrazone groups is 1. The van der Waals surface area contributed by atoms with Gasteiger partial charge >= 0.3 is 0 Å². The van der Waals surface area contributed by atoms with Gasteiger partial charge in [0.2, 0.25) is 5.17 Å². The average Bonchev–Trinajstić information content (AvgIpc) is 3.25. The molecule has 0 unspecified atom stereocenters. The van der Waals surface area contributed by atoms with Crippen molar-refractivity contribution in [2.24, 2.45) is 10.1 Å². The molecular weight excluding hydrogens is 398 g/mol. The number of ether oxygens (including phenoxy) is 1. The quantitative estimate of drug-likeness (QED) is 0.740. The summed E-state index contributed by atoms with van der Waals surface area (Å²) in [4.78, 5) is 16.8. The molecule has 1 N–H and O–H groups in total. The van der Waals surface area contributed by atoms with Crippen molar-refractivity contribution in [1.82, 2.24) is 9.58 Å². The number of aliphatic imine (C=N–C) groups is 1. The van der Waals surface area contributed by atoms with E-state index in [1.54, 1.807) is 13.2 Å². The Morgan fingerprint density at radius 1 is 1.23 bits per heavy atom. The lowest BCUT2D eigenvalue weighted by atomic mass is 10.1. The van der Waals surface area contributed by atoms with E-state index in [0.717, 1.165) is 45.4 Å². The number of carbonyl (C=O) groups excluding carboxylic acids is 1. The van der Waals surface area contributed by atoms with E-state index in [1.165, 1.54) is 16.8 Å². The van der Waals surface area contributed by atoms with Crippen molar-refractivity contribution in [2.45, 2.75) is 34.1 Å². The van der Waals surface area contributed by atoms with Crippen molar-refractivity contribution < 1.29 is 9.53 Å². The molecule has 1 amide bonds. The zero-order chi connectivity index (χ0) is 21.6. The molecule has 7 nitrogen and oxygen atoms in total. The number of benzene rings is 1. The number of aromatic nitrogens is 1. The third-order valence-electron chi connectivity index (χ3n) is 5.14. The first-order valence-corrected chi connectivity index (χ1v) is 10.5. The van der Waals surface area contributed by atoms with Crippen LogP contribution in [-0.2, 0) is 4.79 Å². The summed E-state index contributed by atoms with van der Waals surface area (Å²) in [6, 6.07) is 8.04. The fourth-order valence-corrected chi connectivity index (χ4v) is 4.43. The molecule has 8 heteroatoms. The molecule has 0 bridgehead atoms. The van der Waals surface area contributed by atoms with Crippen LogP contribution in [0, 0.1) is 26.2 Å². The van der Waals surface area contributed by atoms with E-state index >= 15 is 0 Å². The molecule has 1 aromatic carbocycles. The number of amides is 1. The second kappa shape index (κ2) is 7.60. The number of rotatable bonds is 4. The monoisotopic (exact) mass is 421 g/mol. The van der Waals surface area contributed by atoms with E-state index in [-0.39, 0.29) is 11.4 Å². The zero-order valence-corrected chi connectivity index (χ0v) is 18.4. The molecule has 3 heterocycles. The van der Waals surface area contributed by atoms with Gasteiger partial charge in [-0.25, -0.2) is 0 Å². The van der Waals surface area contributed by atoms with Gasteiger partial charge in [0.1, 0.15) is 10.8 Å². The van der Waals surface area contributed by atoms with Crippen LogP contribution in [0.25, 0.3) is 11.8 Å². The Labute approximate surface area is 179 Å². The van der Waals surface area contributed by atoms with Crippen molar-refractivity contribution in [2.75, 3.05) is 7.11 Å². The van der Waals surface area contributed by atoms with E-state index in [9.17, 15) is 4.79 Å². The second-order valence-electron chi connectivity index (χ2n) is 7.20. The van der Waals surface area contributed by atoms with Crippen LogP contribution in [0.15, 0.2) is 39.9 Å². The minimum atomic E-state index is -0.413. The number of hydrogen-bond acceptors (Lipinski definition) is 5. The van der Waals surface area contributed by atoms with Crippen molar-refractivity contribution in [3.8, 4) is 11.4 Å². The van der Waals surface area contributed by atoms with Gasteiger partial charge in [0, 0.05) is 11.4 Å². The highest BCUT2D eigenvalue weighted by Crippen LogP contribution is 2.32. The first-order chi connectivity index (χ1) is 14.3. The van der Waals surface area contributed by atoms with Gasteiger partial charge in [-0.05, 0) is 74.4 Å². The van der Waals surface area contributed by atoms with Crippen molar-refractivity contribution in [3.05, 3.63) is 52.4 Å². The molecule has 0 fully saturated rings. The zero-order valence-electron chi connectivity index (χ0n) is 17.6. The van der Waals surface area contributed by atoms with Gasteiger partial charge in [-0.2, -0.15) is 15.1 Å². The van der Waals surface area contributed by atoms with Gasteiger partial charge in [0.15, 0.2) is 5.84 Å². The Kier molecular flexibility index (Phi) is 5.11. The fourth-order valence-electron chi connectivity index (χ4n) is 3.61. The Bertz CT molecular complexity index is 1170. The Morgan fingerprint density at radius 2 is 2.00 bits per heavy atom. The van der Waals surface area contributed by atoms with Gasteiger partial charge in [-0.15, -0.1) is 0 Å². The number of fused-ring (bicyclic) bond motifs is 1. The Morgan fingerprint density at radius 3 is 2.70 bits per heavy atom. The van der Waals surface area contributed by atoms with Crippen molar-refractivity contribution in [1.29, 1.82) is 5.41 Å². The summed E-state index contributed by atoms with van der Waals surface area (Å²) in [5.74, 6) is 0.413. The minimum absolute atomic E-state index is 0.0545. The molecule has 0 atom stereocenters. The highest BCUT2D eigenvalue weighted by molar-refractivity contribution is 8.26. The van der Waals surface area contributed by atoms with E-state index in [1.807, 2.05) is 45.9 Å². The normalized spacial score (nSPS) is 17.4. The topological polar surface area (TPSA) is 83.0 Å². The summed E-state index contributed by atoms with van der Waals surface area (Å²) in [6.45, 7) is 8.03. The van der Waals surface area contributed by atoms with Crippen LogP contribution >= 0.6 is 11.8 Å². The maximum Gasteiger partial charge on any atom is 0.283 e. The number of nitrogens with one attached hydrogen (secondary N) is 1. The molecule has 154 valence electrons. The summed E-state index contributed by atoms with van der Waals surface area (Å²) >= 11 is 1.34. The van der Waals surface area contributed by atoms with Crippen molar-refractivity contribution >= 4 is 39.8 Å². The van der Waals surface area contributed by atoms with E-state index in [0.29, 0.717) is 5.17 Å². The first kappa shape index (κ1) is 20.2. The lowest BCUT2D eigenvalue weighted by molar-refractivity contribution is -0.114. The highest BCUT2D eigenvalue weighted by Gasteiger charge is 2.35. The van der Waals surface area contributed by atoms with E-state index in [2.05, 4.69) is 20.7 Å². The Balaban J connectivity index is 1.79. The molecule has 30 heavy (non-hydrogen) atoms. The SMILES string of the molecule is CCC1=NN2C(=N)C(=Cc3cc(C)n(-c4cc(C)ccc4OC)c3C)C(=O)N=C2S1. The van der Waals surface area contributed by atoms with Gasteiger partial charge in [0.05, 0.1) is 18.4 Å². The minimum Gasteiger partial charge on any atom is -0.495 e. The lowest BCUT2D eigenvalue weighted by Crippen LogP contribution is -2.35. The van der Waals surface area contributed by atoms with Gasteiger partial charge < -0.3 is 9.30 Å². The number of methoxy groups -OCH3 is 1. The van der Waals surface area contributed by atoms with Crippen LogP contribution in [0.1, 0.15) is 35.9 Å². The number of thioether (sulfide) groups is 1. The molecule has 0 saturated heterocycles. The predicted octanol–water partition coefficient (Wildman–Crippen LogP) is 4.44. The summed E-state index contributed by atoms with van der Waals surface area (Å²) in [5.41, 5.74) is 5.11. The number of aryl methyl sites for hydroxylation is 2. The lowest BCUT2D eigenvalue weighted by Gasteiger charge is -2.20. The molecule has 2 aliphatic heterocycles. The van der Waals surface area contributed by atoms with Crippen LogP contribution < -0.4 is 4.74 Å². The van der Waals surface area contributed by atoms with Gasteiger partial charge in [-0.3, -0.25) is 10.2 Å². The molecule has 2 aliphatic rings. The molecule has 2 aromatic rings. The molecule has 0 saturated carbocycles. The molecule has 1 aromatic heterocycles. The van der Waals surface area contributed by atoms with Crippen LogP contribution in [-0.4, -0.2) is 38.6 Å². The molecule has 0 spiro atoms. The summed E-state index contributed by atoms with van der Waals surface area (Å²) in [5, 5.41) is 15.7. The molecule has 0 radical (unpaired) electrons. The Hall–Kier alpha value is -3.13. The highest BCUT2D eigenvalue weighted by atomic mass is 32.2. The van der Waals surface area contributed by atoms with Crippen LogP contribution in [0.3, 0.4) is 0 Å². The molecule has 4 rings (SSSR count). The van der Waals surface area contributed by atoms with Crippen molar-refractivity contribution in [3.63, 3.8) is 0 Å². The third-order valence-corrected chi connectivity index (χ3v) is 6.20. The molecule has 0 aliphatic carbocycles. The van der Waals surface area contributed by atoms with Crippen LogP contribution in [0.2, 0.25) is 0 Å². The standard InChI is InChI=1S/C22H23N5O2S/c1-6-19-25-27-20(23)16(21(28)24-22(27)30-19)11-15-10-13(3)26(14(15)4)17-9-12(2)7-8-18(17)29-5/h7-11,23H,6H2,1-5H3.